The molecule has 0 spiro atoms. The Morgan fingerprint density at radius 3 is 2.53 bits per heavy atom. The van der Waals surface area contributed by atoms with Crippen molar-refractivity contribution in [3.63, 3.8) is 0 Å². The Morgan fingerprint density at radius 2 is 1.82 bits per heavy atom. The van der Waals surface area contributed by atoms with E-state index in [0.717, 1.165) is 27.3 Å². The minimum Gasteiger partial charge on any atom is -0.350 e. The molecule has 0 radical (unpaired) electrons. The number of aryl methyl sites for hydroxylation is 1. The molecule has 172 valence electrons. The number of carbonyl (C=O) groups is 2. The van der Waals surface area contributed by atoms with Gasteiger partial charge in [-0.3, -0.25) is 14.3 Å². The summed E-state index contributed by atoms with van der Waals surface area (Å²) in [6, 6.07) is 23.6. The van der Waals surface area contributed by atoms with E-state index in [9.17, 15) is 9.59 Å². The number of fused-ring (bicyclic) bond motifs is 1. The van der Waals surface area contributed by atoms with Crippen LogP contribution in [-0.2, 0) is 24.4 Å². The molecule has 7 heteroatoms. The molecular weight excluding hydrogens is 444 g/mol. The monoisotopic (exact) mass is 470 g/mol. The summed E-state index contributed by atoms with van der Waals surface area (Å²) in [4.78, 5) is 30.0. The van der Waals surface area contributed by atoms with E-state index in [0.29, 0.717) is 18.8 Å². The van der Waals surface area contributed by atoms with Crippen molar-refractivity contribution in [1.29, 1.82) is 0 Å². The van der Waals surface area contributed by atoms with Gasteiger partial charge in [0, 0.05) is 13.1 Å². The topological polar surface area (TPSA) is 67.2 Å². The standard InChI is InChI=1S/C27H26N4O2S/c1-19-10-12-21(13-11-19)17-30-25(32)23-15-22(24-9-6-14-34-24)29-31(23)18-27(30,2)26(33)28-16-20-7-4-3-5-8-20/h3-15H,16-18H2,1-2H3,(H,28,33). The third kappa shape index (κ3) is 4.15. The largest absolute Gasteiger partial charge is 0.350 e. The van der Waals surface area contributed by atoms with Crippen molar-refractivity contribution in [2.24, 2.45) is 0 Å². The first-order chi connectivity index (χ1) is 16.4. The van der Waals surface area contributed by atoms with Gasteiger partial charge in [-0.2, -0.15) is 5.10 Å². The summed E-state index contributed by atoms with van der Waals surface area (Å²) in [5.41, 5.74) is 3.30. The molecule has 2 aromatic heterocycles. The van der Waals surface area contributed by atoms with Crippen LogP contribution in [-0.4, -0.2) is 32.0 Å². The molecule has 0 fully saturated rings. The fourth-order valence-electron chi connectivity index (χ4n) is 4.28. The van der Waals surface area contributed by atoms with Crippen LogP contribution in [0.25, 0.3) is 10.6 Å². The molecule has 1 N–H and O–H groups in total. The SMILES string of the molecule is Cc1ccc(CN2C(=O)c3cc(-c4cccs4)nn3CC2(C)C(=O)NCc2ccccc2)cc1. The minimum absolute atomic E-state index is 0.195. The molecule has 6 nitrogen and oxygen atoms in total. The molecular formula is C27H26N4O2S. The number of hydrogen-bond donors (Lipinski definition) is 1. The molecule has 4 aromatic rings. The Balaban J connectivity index is 1.49. The normalized spacial score (nSPS) is 17.5. The Hall–Kier alpha value is -3.71. The summed E-state index contributed by atoms with van der Waals surface area (Å²) in [6.07, 6.45) is 0. The molecule has 2 amide bonds. The van der Waals surface area contributed by atoms with Crippen molar-refractivity contribution >= 4 is 23.2 Å². The number of aromatic nitrogens is 2. The van der Waals surface area contributed by atoms with Crippen molar-refractivity contribution < 1.29 is 9.59 Å². The molecule has 1 unspecified atom stereocenters. The van der Waals surface area contributed by atoms with Crippen LogP contribution in [0.3, 0.4) is 0 Å². The maximum atomic E-state index is 13.8. The Bertz CT molecular complexity index is 1310. The van der Waals surface area contributed by atoms with Crippen LogP contribution < -0.4 is 5.32 Å². The fraction of sp³-hybridized carbons (Fsp3) is 0.222. The quantitative estimate of drug-likeness (QED) is 0.446. The molecule has 34 heavy (non-hydrogen) atoms. The molecule has 0 aliphatic carbocycles. The van der Waals surface area contributed by atoms with E-state index in [-0.39, 0.29) is 18.4 Å². The van der Waals surface area contributed by atoms with E-state index in [1.807, 2.05) is 92.0 Å². The first kappa shape index (κ1) is 22.1. The maximum absolute atomic E-state index is 13.8. The smallest absolute Gasteiger partial charge is 0.273 e. The number of amides is 2. The highest BCUT2D eigenvalue weighted by atomic mass is 32.1. The zero-order valence-electron chi connectivity index (χ0n) is 19.2. The lowest BCUT2D eigenvalue weighted by molar-refractivity contribution is -0.133. The summed E-state index contributed by atoms with van der Waals surface area (Å²) in [6.45, 7) is 4.88. The summed E-state index contributed by atoms with van der Waals surface area (Å²) in [5.74, 6) is -0.393. The zero-order chi connectivity index (χ0) is 23.7. The third-order valence-electron chi connectivity index (χ3n) is 6.32. The van der Waals surface area contributed by atoms with Crippen LogP contribution in [0.4, 0.5) is 0 Å². The van der Waals surface area contributed by atoms with Crippen LogP contribution in [0.2, 0.25) is 0 Å². The Labute approximate surface area is 202 Å². The first-order valence-corrected chi connectivity index (χ1v) is 12.1. The van der Waals surface area contributed by atoms with Crippen molar-refractivity contribution in [1.82, 2.24) is 20.0 Å². The number of thiophene rings is 1. The minimum atomic E-state index is -1.09. The molecule has 2 aromatic carbocycles. The highest BCUT2D eigenvalue weighted by molar-refractivity contribution is 7.13. The average Bonchev–Trinajstić information content (AvgIpc) is 3.52. The number of nitrogens with one attached hydrogen (secondary N) is 1. The van der Waals surface area contributed by atoms with Gasteiger partial charge in [0.05, 0.1) is 11.4 Å². The van der Waals surface area contributed by atoms with E-state index in [4.69, 9.17) is 5.10 Å². The van der Waals surface area contributed by atoms with Gasteiger partial charge in [0.2, 0.25) is 5.91 Å². The molecule has 3 heterocycles. The van der Waals surface area contributed by atoms with Crippen LogP contribution in [0, 0.1) is 6.92 Å². The second kappa shape index (κ2) is 8.91. The van der Waals surface area contributed by atoms with Gasteiger partial charge in [-0.05, 0) is 42.5 Å². The van der Waals surface area contributed by atoms with E-state index in [2.05, 4.69) is 5.32 Å². The van der Waals surface area contributed by atoms with E-state index in [1.54, 1.807) is 20.9 Å². The van der Waals surface area contributed by atoms with Gasteiger partial charge < -0.3 is 10.2 Å². The highest BCUT2D eigenvalue weighted by Gasteiger charge is 2.48. The van der Waals surface area contributed by atoms with Crippen molar-refractivity contribution in [2.45, 2.75) is 39.0 Å². The maximum Gasteiger partial charge on any atom is 0.273 e. The predicted molar refractivity (Wildman–Crippen MR) is 133 cm³/mol. The van der Waals surface area contributed by atoms with E-state index < -0.39 is 5.54 Å². The average molecular weight is 471 g/mol. The van der Waals surface area contributed by atoms with Crippen molar-refractivity contribution in [3.05, 3.63) is 101 Å². The van der Waals surface area contributed by atoms with Gasteiger partial charge in [0.25, 0.3) is 5.91 Å². The van der Waals surface area contributed by atoms with Gasteiger partial charge in [-0.15, -0.1) is 11.3 Å². The third-order valence-corrected chi connectivity index (χ3v) is 7.21. The van der Waals surface area contributed by atoms with E-state index >= 15 is 0 Å². The van der Waals surface area contributed by atoms with Crippen molar-refractivity contribution in [2.75, 3.05) is 0 Å². The number of nitrogens with zero attached hydrogens (tertiary/aromatic N) is 3. The lowest BCUT2D eigenvalue weighted by Crippen LogP contribution is -2.63. The van der Waals surface area contributed by atoms with Crippen LogP contribution >= 0.6 is 11.3 Å². The highest BCUT2D eigenvalue weighted by Crippen LogP contribution is 2.32. The Kier molecular flexibility index (Phi) is 5.79. The Morgan fingerprint density at radius 1 is 1.06 bits per heavy atom. The number of carbonyl (C=O) groups excluding carboxylic acids is 2. The summed E-state index contributed by atoms with van der Waals surface area (Å²) in [5, 5.41) is 9.73. The molecule has 5 rings (SSSR count). The summed E-state index contributed by atoms with van der Waals surface area (Å²) in [7, 11) is 0. The number of benzene rings is 2. The summed E-state index contributed by atoms with van der Waals surface area (Å²) >= 11 is 1.58. The molecule has 1 aliphatic heterocycles. The predicted octanol–water partition coefficient (Wildman–Crippen LogP) is 4.65. The van der Waals surface area contributed by atoms with Gasteiger partial charge in [0.15, 0.2) is 0 Å². The van der Waals surface area contributed by atoms with Crippen molar-refractivity contribution in [3.8, 4) is 10.6 Å². The molecule has 1 aliphatic rings. The lowest BCUT2D eigenvalue weighted by atomic mass is 9.94. The number of hydrogen-bond acceptors (Lipinski definition) is 4. The molecule has 0 saturated carbocycles. The second-order valence-electron chi connectivity index (χ2n) is 8.87. The lowest BCUT2D eigenvalue weighted by Gasteiger charge is -2.43. The van der Waals surface area contributed by atoms with Gasteiger partial charge in [0.1, 0.15) is 16.9 Å². The summed E-state index contributed by atoms with van der Waals surface area (Å²) < 4.78 is 1.69. The van der Waals surface area contributed by atoms with E-state index in [1.165, 1.54) is 0 Å². The molecule has 1 atom stereocenters. The molecule has 0 bridgehead atoms. The van der Waals surface area contributed by atoms with Crippen LogP contribution in [0.1, 0.15) is 34.1 Å². The van der Waals surface area contributed by atoms with Crippen LogP contribution in [0.15, 0.2) is 78.2 Å². The molecule has 0 saturated heterocycles. The van der Waals surface area contributed by atoms with Gasteiger partial charge >= 0.3 is 0 Å². The zero-order valence-corrected chi connectivity index (χ0v) is 20.0. The second-order valence-corrected chi connectivity index (χ2v) is 9.82. The van der Waals surface area contributed by atoms with Gasteiger partial charge in [-0.25, -0.2) is 0 Å². The first-order valence-electron chi connectivity index (χ1n) is 11.3. The van der Waals surface area contributed by atoms with Crippen LogP contribution in [0.5, 0.6) is 0 Å². The fourth-order valence-corrected chi connectivity index (χ4v) is 4.96. The van der Waals surface area contributed by atoms with Gasteiger partial charge in [-0.1, -0.05) is 66.2 Å². The number of rotatable bonds is 6.